The molecule has 1 unspecified atom stereocenters. The Balaban J connectivity index is 2.56. The molecule has 0 saturated heterocycles. The number of methoxy groups -OCH3 is 2. The van der Waals surface area contributed by atoms with E-state index in [-0.39, 0.29) is 10.2 Å². The first kappa shape index (κ1) is 16.1. The van der Waals surface area contributed by atoms with Crippen LogP contribution in [-0.2, 0) is 0 Å². The minimum absolute atomic E-state index is 0.235. The van der Waals surface area contributed by atoms with Gasteiger partial charge in [-0.1, -0.05) is 11.6 Å². The molecule has 1 N–H and O–H groups in total. The molecule has 0 amide bonds. The van der Waals surface area contributed by atoms with Gasteiger partial charge in [0, 0.05) is 22.2 Å². The van der Waals surface area contributed by atoms with Gasteiger partial charge in [-0.2, -0.15) is 0 Å². The topological polar surface area (TPSA) is 38.7 Å². The van der Waals surface area contributed by atoms with Crippen LogP contribution in [0.4, 0.5) is 4.39 Å². The number of rotatable bonds is 4. The third kappa shape index (κ3) is 3.31. The van der Waals surface area contributed by atoms with E-state index in [4.69, 9.17) is 21.1 Å². The molecule has 2 aromatic rings. The van der Waals surface area contributed by atoms with Crippen LogP contribution in [0.2, 0.25) is 5.02 Å². The molecule has 112 valence electrons. The van der Waals surface area contributed by atoms with Gasteiger partial charge in [0.15, 0.2) is 0 Å². The van der Waals surface area contributed by atoms with Crippen molar-refractivity contribution in [2.45, 2.75) is 6.10 Å². The van der Waals surface area contributed by atoms with Crippen molar-refractivity contribution in [3.05, 3.63) is 56.8 Å². The molecule has 0 aliphatic rings. The summed E-state index contributed by atoms with van der Waals surface area (Å²) in [5, 5.41) is 11.1. The fourth-order valence-corrected chi connectivity index (χ4v) is 2.56. The zero-order chi connectivity index (χ0) is 15.6. The number of benzene rings is 2. The molecule has 0 heterocycles. The van der Waals surface area contributed by atoms with Crippen LogP contribution < -0.4 is 9.47 Å². The highest BCUT2D eigenvalue weighted by atomic mass is 79.9. The first-order valence-corrected chi connectivity index (χ1v) is 7.19. The molecule has 3 nitrogen and oxygen atoms in total. The van der Waals surface area contributed by atoms with Crippen molar-refractivity contribution in [1.29, 1.82) is 0 Å². The largest absolute Gasteiger partial charge is 0.496 e. The van der Waals surface area contributed by atoms with Crippen molar-refractivity contribution >= 4 is 27.5 Å². The smallest absolute Gasteiger partial charge is 0.141 e. The molecular formula is C15H13BrClFO3. The predicted molar refractivity (Wildman–Crippen MR) is 82.7 cm³/mol. The lowest BCUT2D eigenvalue weighted by molar-refractivity contribution is 0.209. The Morgan fingerprint density at radius 3 is 2.33 bits per heavy atom. The number of aliphatic hydroxyl groups excluding tert-OH is 1. The number of aliphatic hydroxyl groups is 1. The number of hydrogen-bond donors (Lipinski definition) is 1. The molecule has 0 fully saturated rings. The molecule has 0 aromatic heterocycles. The maximum atomic E-state index is 13.6. The Morgan fingerprint density at radius 1 is 1.10 bits per heavy atom. The van der Waals surface area contributed by atoms with E-state index in [9.17, 15) is 9.50 Å². The van der Waals surface area contributed by atoms with Gasteiger partial charge >= 0.3 is 0 Å². The summed E-state index contributed by atoms with van der Waals surface area (Å²) in [6, 6.07) is 7.60. The molecule has 0 radical (unpaired) electrons. The van der Waals surface area contributed by atoms with Crippen LogP contribution in [0.25, 0.3) is 0 Å². The SMILES string of the molecule is COc1ccc(Cl)cc1C(O)c1cc(Br)c(F)cc1OC. The van der Waals surface area contributed by atoms with Crippen molar-refractivity contribution in [2.75, 3.05) is 14.2 Å². The molecule has 0 aliphatic carbocycles. The van der Waals surface area contributed by atoms with Crippen LogP contribution in [0.15, 0.2) is 34.8 Å². The molecular weight excluding hydrogens is 363 g/mol. The Bertz CT molecular complexity index is 664. The van der Waals surface area contributed by atoms with E-state index in [2.05, 4.69) is 15.9 Å². The first-order valence-electron chi connectivity index (χ1n) is 6.02. The Kier molecular flexibility index (Phi) is 5.08. The second-order valence-corrected chi connectivity index (χ2v) is 5.59. The lowest BCUT2D eigenvalue weighted by Gasteiger charge is -2.18. The quantitative estimate of drug-likeness (QED) is 0.864. The Morgan fingerprint density at radius 2 is 1.71 bits per heavy atom. The molecule has 0 saturated carbocycles. The van der Waals surface area contributed by atoms with Gasteiger partial charge in [-0.05, 0) is 40.2 Å². The zero-order valence-electron chi connectivity index (χ0n) is 11.4. The van der Waals surface area contributed by atoms with Crippen molar-refractivity contribution in [3.8, 4) is 11.5 Å². The lowest BCUT2D eigenvalue weighted by atomic mass is 9.99. The highest BCUT2D eigenvalue weighted by Crippen LogP contribution is 2.38. The van der Waals surface area contributed by atoms with Crippen LogP contribution in [0.5, 0.6) is 11.5 Å². The molecule has 2 rings (SSSR count). The third-order valence-corrected chi connectivity index (χ3v) is 3.90. The predicted octanol–water partition coefficient (Wildman–Crippen LogP) is 4.34. The van der Waals surface area contributed by atoms with Gasteiger partial charge in [-0.3, -0.25) is 0 Å². The van der Waals surface area contributed by atoms with Gasteiger partial charge in [0.25, 0.3) is 0 Å². The average molecular weight is 376 g/mol. The second-order valence-electron chi connectivity index (χ2n) is 4.30. The van der Waals surface area contributed by atoms with Crippen LogP contribution >= 0.6 is 27.5 Å². The van der Waals surface area contributed by atoms with E-state index in [1.165, 1.54) is 26.4 Å². The maximum absolute atomic E-state index is 13.6. The summed E-state index contributed by atoms with van der Waals surface area (Å²) in [7, 11) is 2.91. The van der Waals surface area contributed by atoms with Crippen LogP contribution in [0.3, 0.4) is 0 Å². The second kappa shape index (κ2) is 6.64. The van der Waals surface area contributed by atoms with Gasteiger partial charge < -0.3 is 14.6 Å². The summed E-state index contributed by atoms with van der Waals surface area (Å²) >= 11 is 9.07. The van der Waals surface area contributed by atoms with Gasteiger partial charge in [0.1, 0.15) is 23.4 Å². The minimum atomic E-state index is -1.06. The molecule has 2 aromatic carbocycles. The van der Waals surface area contributed by atoms with Gasteiger partial charge in [-0.25, -0.2) is 4.39 Å². The van der Waals surface area contributed by atoms with Crippen molar-refractivity contribution in [1.82, 2.24) is 0 Å². The first-order chi connectivity index (χ1) is 9.97. The van der Waals surface area contributed by atoms with Gasteiger partial charge in [0.05, 0.1) is 18.7 Å². The zero-order valence-corrected chi connectivity index (χ0v) is 13.7. The minimum Gasteiger partial charge on any atom is -0.496 e. The maximum Gasteiger partial charge on any atom is 0.141 e. The summed E-state index contributed by atoms with van der Waals surface area (Å²) in [6.07, 6.45) is -1.06. The Labute approximate surface area is 135 Å². The van der Waals surface area contributed by atoms with E-state index in [0.717, 1.165) is 0 Å². The summed E-state index contributed by atoms with van der Waals surface area (Å²) in [5.74, 6) is 0.250. The van der Waals surface area contributed by atoms with E-state index in [1.54, 1.807) is 18.2 Å². The monoisotopic (exact) mass is 374 g/mol. The van der Waals surface area contributed by atoms with E-state index in [1.807, 2.05) is 0 Å². The molecule has 1 atom stereocenters. The number of halogens is 3. The van der Waals surface area contributed by atoms with Crippen molar-refractivity contribution in [3.63, 3.8) is 0 Å². The molecule has 21 heavy (non-hydrogen) atoms. The molecule has 0 spiro atoms. The fraction of sp³-hybridized carbons (Fsp3) is 0.200. The van der Waals surface area contributed by atoms with Crippen molar-refractivity contribution < 1.29 is 19.0 Å². The van der Waals surface area contributed by atoms with E-state index < -0.39 is 11.9 Å². The van der Waals surface area contributed by atoms with E-state index in [0.29, 0.717) is 21.9 Å². The van der Waals surface area contributed by atoms with Crippen LogP contribution in [-0.4, -0.2) is 19.3 Å². The van der Waals surface area contributed by atoms with Crippen LogP contribution in [0.1, 0.15) is 17.2 Å². The standard InChI is InChI=1S/C15H13BrClFO3/c1-20-13-4-3-8(17)5-9(13)15(19)10-6-11(16)12(18)7-14(10)21-2/h3-7,15,19H,1-2H3. The van der Waals surface area contributed by atoms with Crippen molar-refractivity contribution in [2.24, 2.45) is 0 Å². The van der Waals surface area contributed by atoms with Crippen LogP contribution in [0, 0.1) is 5.82 Å². The fourth-order valence-electron chi connectivity index (χ4n) is 2.02. The van der Waals surface area contributed by atoms with Gasteiger partial charge in [-0.15, -0.1) is 0 Å². The molecule has 0 aliphatic heterocycles. The Hall–Kier alpha value is -1.30. The third-order valence-electron chi connectivity index (χ3n) is 3.05. The average Bonchev–Trinajstić information content (AvgIpc) is 2.48. The molecule has 0 bridgehead atoms. The highest BCUT2D eigenvalue weighted by Gasteiger charge is 2.21. The summed E-state index contributed by atoms with van der Waals surface area (Å²) in [6.45, 7) is 0. The highest BCUT2D eigenvalue weighted by molar-refractivity contribution is 9.10. The summed E-state index contributed by atoms with van der Waals surface area (Å²) < 4.78 is 24.2. The summed E-state index contributed by atoms with van der Waals surface area (Å²) in [4.78, 5) is 0. The molecule has 6 heteroatoms. The lowest BCUT2D eigenvalue weighted by Crippen LogP contribution is -2.05. The van der Waals surface area contributed by atoms with E-state index >= 15 is 0 Å². The number of hydrogen-bond acceptors (Lipinski definition) is 3. The normalized spacial score (nSPS) is 12.1. The van der Waals surface area contributed by atoms with Gasteiger partial charge in [0.2, 0.25) is 0 Å². The number of ether oxygens (including phenoxy) is 2. The summed E-state index contributed by atoms with van der Waals surface area (Å²) in [5.41, 5.74) is 0.883.